The predicted octanol–water partition coefficient (Wildman–Crippen LogP) is 0.692. The topological polar surface area (TPSA) is 129 Å². The summed E-state index contributed by atoms with van der Waals surface area (Å²) in [5.74, 6) is 0. The minimum Gasteiger partial charge on any atom is -0.449 e. The Labute approximate surface area is 132 Å². The standard InChI is InChI=1S/C14H30N4O4/c1-10(2)17-12(19)21-7-5-14(16,9-15)6-8-22-13(20)18-11(3)4/h10-11H,5-9,15-16H2,1-4H3,(H,17,19)(H,18,20). The number of nitrogens with one attached hydrogen (secondary N) is 2. The molecule has 8 heteroatoms. The maximum atomic E-state index is 11.4. The maximum absolute atomic E-state index is 11.4. The SMILES string of the molecule is CC(C)NC(=O)OCCC(N)(CN)CCOC(=O)NC(C)C. The van der Waals surface area contributed by atoms with Crippen molar-refractivity contribution in [2.24, 2.45) is 11.5 Å². The third kappa shape index (κ3) is 10.2. The monoisotopic (exact) mass is 318 g/mol. The Morgan fingerprint density at radius 2 is 1.32 bits per heavy atom. The van der Waals surface area contributed by atoms with Crippen LogP contribution in [-0.4, -0.2) is 49.6 Å². The molecule has 130 valence electrons. The molecule has 0 aromatic heterocycles. The van der Waals surface area contributed by atoms with E-state index in [1.807, 2.05) is 27.7 Å². The van der Waals surface area contributed by atoms with Crippen molar-refractivity contribution in [3.8, 4) is 0 Å². The van der Waals surface area contributed by atoms with Gasteiger partial charge >= 0.3 is 12.2 Å². The zero-order valence-electron chi connectivity index (χ0n) is 14.0. The lowest BCUT2D eigenvalue weighted by atomic mass is 9.93. The van der Waals surface area contributed by atoms with Crippen LogP contribution in [-0.2, 0) is 9.47 Å². The first-order valence-corrected chi connectivity index (χ1v) is 7.54. The minimum atomic E-state index is -0.740. The number of carbonyl (C=O) groups excluding carboxylic acids is 2. The molecule has 0 bridgehead atoms. The van der Waals surface area contributed by atoms with Gasteiger partial charge in [-0.25, -0.2) is 9.59 Å². The van der Waals surface area contributed by atoms with E-state index >= 15 is 0 Å². The fourth-order valence-corrected chi connectivity index (χ4v) is 1.58. The Kier molecular flexibility index (Phi) is 9.51. The number of ether oxygens (including phenoxy) is 2. The van der Waals surface area contributed by atoms with E-state index in [1.54, 1.807) is 0 Å². The second-order valence-corrected chi connectivity index (χ2v) is 5.94. The highest BCUT2D eigenvalue weighted by atomic mass is 16.6. The van der Waals surface area contributed by atoms with E-state index in [9.17, 15) is 9.59 Å². The maximum Gasteiger partial charge on any atom is 0.407 e. The number of hydrogen-bond donors (Lipinski definition) is 4. The molecule has 0 rings (SSSR count). The van der Waals surface area contributed by atoms with Gasteiger partial charge in [-0.1, -0.05) is 0 Å². The molecule has 0 aromatic rings. The van der Waals surface area contributed by atoms with Gasteiger partial charge in [-0.05, 0) is 27.7 Å². The van der Waals surface area contributed by atoms with Gasteiger partial charge < -0.3 is 31.6 Å². The van der Waals surface area contributed by atoms with Crippen LogP contribution in [0.3, 0.4) is 0 Å². The van der Waals surface area contributed by atoms with Crippen molar-refractivity contribution in [1.82, 2.24) is 10.6 Å². The fraction of sp³-hybridized carbons (Fsp3) is 0.857. The van der Waals surface area contributed by atoms with E-state index in [-0.39, 0.29) is 31.8 Å². The van der Waals surface area contributed by atoms with Crippen LogP contribution in [0.1, 0.15) is 40.5 Å². The van der Waals surface area contributed by atoms with E-state index in [1.165, 1.54) is 0 Å². The van der Waals surface area contributed by atoms with Crippen LogP contribution in [0.2, 0.25) is 0 Å². The third-order valence-electron chi connectivity index (χ3n) is 2.89. The van der Waals surface area contributed by atoms with Crippen molar-refractivity contribution in [3.05, 3.63) is 0 Å². The van der Waals surface area contributed by atoms with Gasteiger partial charge in [0.05, 0.1) is 13.2 Å². The summed E-state index contributed by atoms with van der Waals surface area (Å²) < 4.78 is 10.0. The highest BCUT2D eigenvalue weighted by Gasteiger charge is 2.24. The van der Waals surface area contributed by atoms with Crippen LogP contribution < -0.4 is 22.1 Å². The van der Waals surface area contributed by atoms with Gasteiger partial charge in [-0.2, -0.15) is 0 Å². The van der Waals surface area contributed by atoms with Gasteiger partial charge in [0.25, 0.3) is 0 Å². The molecule has 22 heavy (non-hydrogen) atoms. The van der Waals surface area contributed by atoms with Crippen molar-refractivity contribution < 1.29 is 19.1 Å². The summed E-state index contributed by atoms with van der Waals surface area (Å²) in [6.45, 7) is 7.88. The van der Waals surface area contributed by atoms with Crippen LogP contribution in [0.5, 0.6) is 0 Å². The van der Waals surface area contributed by atoms with Crippen molar-refractivity contribution in [2.45, 2.75) is 58.2 Å². The molecule has 6 N–H and O–H groups in total. The highest BCUT2D eigenvalue weighted by molar-refractivity contribution is 5.67. The molecule has 0 saturated carbocycles. The van der Waals surface area contributed by atoms with Gasteiger partial charge in [-0.3, -0.25) is 0 Å². The molecule has 0 heterocycles. The van der Waals surface area contributed by atoms with Gasteiger partial charge in [0.2, 0.25) is 0 Å². The summed E-state index contributed by atoms with van der Waals surface area (Å²) >= 11 is 0. The largest absolute Gasteiger partial charge is 0.449 e. The number of amides is 2. The van der Waals surface area contributed by atoms with Gasteiger partial charge in [-0.15, -0.1) is 0 Å². The molecular weight excluding hydrogens is 288 g/mol. The average Bonchev–Trinajstić information content (AvgIpc) is 2.36. The zero-order chi connectivity index (χ0) is 17.2. The van der Waals surface area contributed by atoms with E-state index in [0.29, 0.717) is 12.8 Å². The first-order chi connectivity index (χ1) is 10.2. The molecule has 0 saturated heterocycles. The smallest absolute Gasteiger partial charge is 0.407 e. The summed E-state index contributed by atoms with van der Waals surface area (Å²) in [7, 11) is 0. The van der Waals surface area contributed by atoms with Crippen LogP contribution in [0, 0.1) is 0 Å². The number of hydrogen-bond acceptors (Lipinski definition) is 6. The van der Waals surface area contributed by atoms with Crippen LogP contribution in [0.15, 0.2) is 0 Å². The Morgan fingerprint density at radius 1 is 0.955 bits per heavy atom. The second kappa shape index (κ2) is 10.2. The molecule has 0 unspecified atom stereocenters. The molecule has 8 nitrogen and oxygen atoms in total. The number of nitrogens with two attached hydrogens (primary N) is 2. The molecule has 0 aliphatic heterocycles. The van der Waals surface area contributed by atoms with E-state index in [4.69, 9.17) is 20.9 Å². The van der Waals surface area contributed by atoms with Gasteiger partial charge in [0.15, 0.2) is 0 Å². The summed E-state index contributed by atoms with van der Waals surface area (Å²) in [5.41, 5.74) is 11.0. The van der Waals surface area contributed by atoms with Crippen molar-refractivity contribution in [1.29, 1.82) is 0 Å². The summed E-state index contributed by atoms with van der Waals surface area (Å²) in [6, 6.07) is 0.0232. The Bertz CT molecular complexity index is 320. The van der Waals surface area contributed by atoms with E-state index in [2.05, 4.69) is 10.6 Å². The van der Waals surface area contributed by atoms with Crippen molar-refractivity contribution in [2.75, 3.05) is 19.8 Å². The molecule has 0 aromatic carbocycles. The van der Waals surface area contributed by atoms with Crippen LogP contribution in [0.25, 0.3) is 0 Å². The normalized spacial score (nSPS) is 11.5. The Morgan fingerprint density at radius 3 is 1.59 bits per heavy atom. The Hall–Kier alpha value is -1.54. The van der Waals surface area contributed by atoms with Crippen LogP contribution >= 0.6 is 0 Å². The number of rotatable bonds is 9. The average molecular weight is 318 g/mol. The molecule has 0 aliphatic rings. The van der Waals surface area contributed by atoms with Crippen molar-refractivity contribution in [3.63, 3.8) is 0 Å². The van der Waals surface area contributed by atoms with Crippen molar-refractivity contribution >= 4 is 12.2 Å². The minimum absolute atomic E-state index is 0.0116. The lowest BCUT2D eigenvalue weighted by molar-refractivity contribution is 0.117. The van der Waals surface area contributed by atoms with E-state index in [0.717, 1.165) is 0 Å². The van der Waals surface area contributed by atoms with E-state index < -0.39 is 17.7 Å². The lowest BCUT2D eigenvalue weighted by Gasteiger charge is -2.27. The summed E-state index contributed by atoms with van der Waals surface area (Å²) in [6.07, 6.45) is -0.183. The molecule has 0 radical (unpaired) electrons. The lowest BCUT2D eigenvalue weighted by Crippen LogP contribution is -2.49. The van der Waals surface area contributed by atoms with Gasteiger partial charge in [0, 0.05) is 37.0 Å². The summed E-state index contributed by atoms with van der Waals surface area (Å²) in [5, 5.41) is 5.22. The molecule has 0 atom stereocenters. The quantitative estimate of drug-likeness (QED) is 0.495. The third-order valence-corrected chi connectivity index (χ3v) is 2.89. The highest BCUT2D eigenvalue weighted by Crippen LogP contribution is 2.11. The number of alkyl carbamates (subject to hydrolysis) is 2. The number of carbonyl (C=O) groups is 2. The summed E-state index contributed by atoms with van der Waals surface area (Å²) in [4.78, 5) is 22.7. The fourth-order valence-electron chi connectivity index (χ4n) is 1.58. The first-order valence-electron chi connectivity index (χ1n) is 7.54. The van der Waals surface area contributed by atoms with Gasteiger partial charge in [0.1, 0.15) is 0 Å². The molecule has 0 fully saturated rings. The first kappa shape index (κ1) is 20.5. The van der Waals surface area contributed by atoms with Crippen LogP contribution in [0.4, 0.5) is 9.59 Å². The molecular formula is C14H30N4O4. The molecule has 2 amide bonds. The molecule has 0 aliphatic carbocycles. The Balaban J connectivity index is 4.03. The predicted molar refractivity (Wildman–Crippen MR) is 84.4 cm³/mol. The second-order valence-electron chi connectivity index (χ2n) is 5.94. The zero-order valence-corrected chi connectivity index (χ0v) is 14.0. The molecule has 0 spiro atoms.